The van der Waals surface area contributed by atoms with Crippen LogP contribution in [0, 0.1) is 13.8 Å². The fourth-order valence-corrected chi connectivity index (χ4v) is 2.88. The third-order valence-electron chi connectivity index (χ3n) is 3.73. The van der Waals surface area contributed by atoms with Gasteiger partial charge in [-0.05, 0) is 32.0 Å². The highest BCUT2D eigenvalue weighted by Crippen LogP contribution is 2.37. The van der Waals surface area contributed by atoms with E-state index < -0.39 is 0 Å². The number of aromatic hydroxyl groups is 1. The summed E-state index contributed by atoms with van der Waals surface area (Å²) < 4.78 is 12.7. The zero-order valence-corrected chi connectivity index (χ0v) is 14.6. The fraction of sp³-hybridized carbons (Fsp3) is 0.235. The van der Waals surface area contributed by atoms with Crippen LogP contribution in [0.25, 0.3) is 16.3 Å². The maximum absolute atomic E-state index is 10.3. The molecule has 3 aromatic rings. The SMILES string of the molecule is COc1cc2c(O)c[n+]3cc(C)cc(C)c3c2cc1OC.[Br-]. The number of halogens is 1. The molecule has 0 saturated heterocycles. The van der Waals surface area contributed by atoms with E-state index in [2.05, 4.69) is 13.0 Å². The lowest BCUT2D eigenvalue weighted by atomic mass is 10.0. The predicted octanol–water partition coefficient (Wildman–Crippen LogP) is -0.0779. The Labute approximate surface area is 139 Å². The number of hydrogen-bond acceptors (Lipinski definition) is 3. The highest BCUT2D eigenvalue weighted by molar-refractivity contribution is 6.00. The molecule has 2 heterocycles. The zero-order valence-electron chi connectivity index (χ0n) is 13.0. The number of rotatable bonds is 2. The van der Waals surface area contributed by atoms with Gasteiger partial charge >= 0.3 is 0 Å². The van der Waals surface area contributed by atoms with Gasteiger partial charge in [-0.1, -0.05) is 0 Å². The Morgan fingerprint density at radius 2 is 1.50 bits per heavy atom. The van der Waals surface area contributed by atoms with E-state index in [9.17, 15) is 5.11 Å². The smallest absolute Gasteiger partial charge is 0.221 e. The van der Waals surface area contributed by atoms with Gasteiger partial charge in [0.15, 0.2) is 23.4 Å². The van der Waals surface area contributed by atoms with Crippen LogP contribution in [-0.4, -0.2) is 19.3 Å². The number of methoxy groups -OCH3 is 2. The Hall–Kier alpha value is -2.01. The molecule has 0 aliphatic carbocycles. The van der Waals surface area contributed by atoms with Crippen molar-refractivity contribution < 1.29 is 36.0 Å². The van der Waals surface area contributed by atoms with Gasteiger partial charge in [-0.3, -0.25) is 0 Å². The molecule has 0 amide bonds. The number of pyridine rings is 2. The Morgan fingerprint density at radius 3 is 2.09 bits per heavy atom. The maximum Gasteiger partial charge on any atom is 0.221 e. The van der Waals surface area contributed by atoms with Crippen LogP contribution in [0.15, 0.2) is 30.6 Å². The molecule has 1 N–H and O–H groups in total. The molecule has 0 spiro atoms. The van der Waals surface area contributed by atoms with Crippen molar-refractivity contribution in [2.45, 2.75) is 13.8 Å². The van der Waals surface area contributed by atoms with Gasteiger partial charge in [0.05, 0.1) is 19.6 Å². The summed E-state index contributed by atoms with van der Waals surface area (Å²) in [4.78, 5) is 0. The number of fused-ring (bicyclic) bond motifs is 3. The quantitative estimate of drug-likeness (QED) is 0.511. The number of aromatic nitrogens is 1. The summed E-state index contributed by atoms with van der Waals surface area (Å²) in [6.45, 7) is 4.10. The molecule has 3 rings (SSSR count). The van der Waals surface area contributed by atoms with Crippen LogP contribution in [0.4, 0.5) is 0 Å². The van der Waals surface area contributed by atoms with Gasteiger partial charge in [-0.25, -0.2) is 0 Å². The average Bonchev–Trinajstić information content (AvgIpc) is 2.45. The molecule has 116 valence electrons. The molecular formula is C17H18BrNO3. The Kier molecular flexibility index (Phi) is 4.47. The van der Waals surface area contributed by atoms with Crippen molar-refractivity contribution in [3.05, 3.63) is 41.7 Å². The minimum atomic E-state index is 0. The summed E-state index contributed by atoms with van der Waals surface area (Å²) >= 11 is 0. The van der Waals surface area contributed by atoms with E-state index in [1.165, 1.54) is 0 Å². The number of ether oxygens (including phenoxy) is 2. The standard InChI is InChI=1S/C17H17NO3.BrH/c1-10-5-11(2)17-13-7-16(21-4)15(20-3)6-12(13)14(19)9-18(17)8-10;/h5-9H,1-4H3;1H. The van der Waals surface area contributed by atoms with Gasteiger partial charge in [0.1, 0.15) is 0 Å². The number of nitrogens with zero attached hydrogens (tertiary/aromatic N) is 1. The van der Waals surface area contributed by atoms with Gasteiger partial charge in [0.25, 0.3) is 0 Å². The van der Waals surface area contributed by atoms with Gasteiger partial charge in [0.2, 0.25) is 11.7 Å². The maximum atomic E-state index is 10.3. The van der Waals surface area contributed by atoms with Crippen molar-refractivity contribution in [2.24, 2.45) is 0 Å². The molecule has 0 aliphatic rings. The van der Waals surface area contributed by atoms with Crippen molar-refractivity contribution in [3.63, 3.8) is 0 Å². The van der Waals surface area contributed by atoms with Crippen LogP contribution < -0.4 is 30.9 Å². The van der Waals surface area contributed by atoms with E-state index >= 15 is 0 Å². The van der Waals surface area contributed by atoms with Gasteiger partial charge < -0.3 is 31.6 Å². The molecule has 5 heteroatoms. The molecule has 0 unspecified atom stereocenters. The zero-order chi connectivity index (χ0) is 15.1. The van der Waals surface area contributed by atoms with Crippen molar-refractivity contribution in [2.75, 3.05) is 14.2 Å². The second kappa shape index (κ2) is 6.01. The highest BCUT2D eigenvalue weighted by Gasteiger charge is 2.18. The van der Waals surface area contributed by atoms with Crippen LogP contribution >= 0.6 is 0 Å². The molecule has 2 aromatic heterocycles. The first-order valence-electron chi connectivity index (χ1n) is 6.75. The second-order valence-corrected chi connectivity index (χ2v) is 5.22. The summed E-state index contributed by atoms with van der Waals surface area (Å²) in [5, 5.41) is 12.0. The van der Waals surface area contributed by atoms with Crippen LogP contribution in [-0.2, 0) is 0 Å². The van der Waals surface area contributed by atoms with Crippen molar-refractivity contribution in [3.8, 4) is 17.2 Å². The minimum absolute atomic E-state index is 0. The molecule has 0 fully saturated rings. The van der Waals surface area contributed by atoms with E-state index in [1.807, 2.05) is 29.7 Å². The summed E-state index contributed by atoms with van der Waals surface area (Å²) in [5.41, 5.74) is 3.34. The average molecular weight is 364 g/mol. The molecule has 0 aliphatic heterocycles. The van der Waals surface area contributed by atoms with E-state index in [1.54, 1.807) is 20.4 Å². The lowest BCUT2D eigenvalue weighted by Gasteiger charge is -2.10. The summed E-state index contributed by atoms with van der Waals surface area (Å²) in [7, 11) is 3.20. The fourth-order valence-electron chi connectivity index (χ4n) is 2.88. The van der Waals surface area contributed by atoms with Crippen LogP contribution in [0.2, 0.25) is 0 Å². The first-order chi connectivity index (χ1) is 10.0. The molecule has 0 atom stereocenters. The highest BCUT2D eigenvalue weighted by atomic mass is 79.9. The summed E-state index contributed by atoms with van der Waals surface area (Å²) in [6.07, 6.45) is 3.72. The Balaban J connectivity index is 0.00000176. The minimum Gasteiger partial charge on any atom is -1.00 e. The monoisotopic (exact) mass is 363 g/mol. The predicted molar refractivity (Wildman–Crippen MR) is 81.4 cm³/mol. The first-order valence-corrected chi connectivity index (χ1v) is 6.75. The normalized spacial score (nSPS) is 10.5. The van der Waals surface area contributed by atoms with Gasteiger partial charge in [0, 0.05) is 16.5 Å². The van der Waals surface area contributed by atoms with E-state index in [-0.39, 0.29) is 22.7 Å². The summed E-state index contributed by atoms with van der Waals surface area (Å²) in [6, 6.07) is 5.84. The lowest BCUT2D eigenvalue weighted by molar-refractivity contribution is -0.512. The molecular weight excluding hydrogens is 346 g/mol. The molecule has 0 bridgehead atoms. The van der Waals surface area contributed by atoms with Gasteiger partial charge in [-0.2, -0.15) is 4.40 Å². The molecule has 0 saturated carbocycles. The third kappa shape index (κ3) is 2.46. The molecule has 4 nitrogen and oxygen atoms in total. The topological polar surface area (TPSA) is 42.8 Å². The summed E-state index contributed by atoms with van der Waals surface area (Å²) in [5.74, 6) is 1.47. The van der Waals surface area contributed by atoms with Crippen LogP contribution in [0.5, 0.6) is 17.2 Å². The van der Waals surface area contributed by atoms with Crippen molar-refractivity contribution in [1.82, 2.24) is 0 Å². The third-order valence-corrected chi connectivity index (χ3v) is 3.73. The second-order valence-electron chi connectivity index (χ2n) is 5.22. The van der Waals surface area contributed by atoms with Crippen molar-refractivity contribution >= 4 is 16.3 Å². The van der Waals surface area contributed by atoms with Crippen LogP contribution in [0.1, 0.15) is 11.1 Å². The van der Waals surface area contributed by atoms with Crippen molar-refractivity contribution in [1.29, 1.82) is 0 Å². The Bertz CT molecular complexity index is 862. The van der Waals surface area contributed by atoms with E-state index in [0.29, 0.717) is 11.5 Å². The number of aryl methyl sites for hydroxylation is 2. The molecule has 22 heavy (non-hydrogen) atoms. The molecule has 0 radical (unpaired) electrons. The number of hydrogen-bond donors (Lipinski definition) is 1. The van der Waals surface area contributed by atoms with Crippen LogP contribution in [0.3, 0.4) is 0 Å². The lowest BCUT2D eigenvalue weighted by Crippen LogP contribution is -3.00. The van der Waals surface area contributed by atoms with E-state index in [0.717, 1.165) is 27.4 Å². The first kappa shape index (κ1) is 16.4. The number of benzene rings is 1. The van der Waals surface area contributed by atoms with Gasteiger partial charge in [-0.15, -0.1) is 0 Å². The largest absolute Gasteiger partial charge is 1.00 e. The Morgan fingerprint density at radius 1 is 0.909 bits per heavy atom. The molecule has 1 aromatic carbocycles. The van der Waals surface area contributed by atoms with E-state index in [4.69, 9.17) is 9.47 Å².